The first-order chi connectivity index (χ1) is 13.8. The summed E-state index contributed by atoms with van der Waals surface area (Å²) in [5.41, 5.74) is 1.43. The molecule has 2 aromatic carbocycles. The Hall–Kier alpha value is -3.82. The first-order valence-corrected chi connectivity index (χ1v) is 8.46. The molecule has 0 fully saturated rings. The number of aromatic nitrogens is 3. The summed E-state index contributed by atoms with van der Waals surface area (Å²) >= 11 is 0. The predicted octanol–water partition coefficient (Wildman–Crippen LogP) is 4.43. The summed E-state index contributed by atoms with van der Waals surface area (Å²) in [5.74, 6) is -2.86. The van der Waals surface area contributed by atoms with E-state index in [9.17, 15) is 18.0 Å². The van der Waals surface area contributed by atoms with Crippen molar-refractivity contribution in [1.29, 1.82) is 0 Å². The van der Waals surface area contributed by atoms with Gasteiger partial charge in [-0.05, 0) is 43.2 Å². The van der Waals surface area contributed by atoms with E-state index in [1.165, 1.54) is 6.07 Å². The van der Waals surface area contributed by atoms with Crippen LogP contribution in [-0.2, 0) is 0 Å². The third-order valence-corrected chi connectivity index (χ3v) is 4.17. The number of rotatable bonds is 4. The SMILES string of the molecule is Cc1cc(Nc2ncc(F)c(Nc3cc(F)c4oc(=O)[nH]c4c3)n2)cc(C)c1F. The number of anilines is 4. The standard InChI is InChI=1S/C19H14F3N5O2/c1-8-3-10(4-9(2)15(8)22)25-18-23-7-13(21)17(27-18)24-11-5-12(20)16-14(6-11)26-19(28)29-16/h3-7H,1-2H3,(H,26,28)(H2,23,24,25,27). The molecular formula is C19H14F3N5O2. The topological polar surface area (TPSA) is 95.8 Å². The average Bonchev–Trinajstić information content (AvgIpc) is 3.03. The van der Waals surface area contributed by atoms with Gasteiger partial charge in [-0.3, -0.25) is 4.98 Å². The minimum absolute atomic E-state index is 0.0533. The lowest BCUT2D eigenvalue weighted by Gasteiger charge is -2.11. The highest BCUT2D eigenvalue weighted by Crippen LogP contribution is 2.26. The van der Waals surface area contributed by atoms with Gasteiger partial charge in [0, 0.05) is 17.4 Å². The zero-order chi connectivity index (χ0) is 20.7. The van der Waals surface area contributed by atoms with Gasteiger partial charge in [0.1, 0.15) is 5.82 Å². The lowest BCUT2D eigenvalue weighted by Crippen LogP contribution is -2.04. The number of benzene rings is 2. The third-order valence-electron chi connectivity index (χ3n) is 4.17. The van der Waals surface area contributed by atoms with Crippen LogP contribution in [0, 0.1) is 31.3 Å². The number of hydrogen-bond donors (Lipinski definition) is 3. The monoisotopic (exact) mass is 401 g/mol. The molecule has 7 nitrogen and oxygen atoms in total. The van der Waals surface area contributed by atoms with E-state index >= 15 is 0 Å². The first kappa shape index (κ1) is 18.5. The molecule has 0 unspecified atom stereocenters. The number of H-pyrrole nitrogens is 1. The van der Waals surface area contributed by atoms with E-state index in [-0.39, 0.29) is 34.4 Å². The molecule has 0 bridgehead atoms. The highest BCUT2D eigenvalue weighted by atomic mass is 19.1. The van der Waals surface area contributed by atoms with Gasteiger partial charge < -0.3 is 15.1 Å². The minimum atomic E-state index is -0.805. The number of aryl methyl sites for hydroxylation is 2. The number of halogens is 3. The number of oxazole rings is 1. The van der Waals surface area contributed by atoms with Crippen molar-refractivity contribution in [2.45, 2.75) is 13.8 Å². The third kappa shape index (κ3) is 3.64. The van der Waals surface area contributed by atoms with Gasteiger partial charge in [0.15, 0.2) is 23.0 Å². The quantitative estimate of drug-likeness (QED) is 0.468. The molecule has 2 aromatic heterocycles. The Kier molecular flexibility index (Phi) is 4.45. The Morgan fingerprint density at radius 1 is 0.966 bits per heavy atom. The molecule has 0 aliphatic carbocycles. The van der Waals surface area contributed by atoms with Crippen molar-refractivity contribution >= 4 is 34.2 Å². The Bertz CT molecular complexity index is 1280. The molecule has 2 heterocycles. The van der Waals surface area contributed by atoms with Gasteiger partial charge in [0.05, 0.1) is 11.7 Å². The van der Waals surface area contributed by atoms with Crippen LogP contribution in [0.4, 0.5) is 36.3 Å². The van der Waals surface area contributed by atoms with Crippen LogP contribution in [0.3, 0.4) is 0 Å². The van der Waals surface area contributed by atoms with Crippen LogP contribution in [-0.4, -0.2) is 15.0 Å². The Morgan fingerprint density at radius 3 is 2.38 bits per heavy atom. The highest BCUT2D eigenvalue weighted by molar-refractivity contribution is 5.79. The maximum absolute atomic E-state index is 14.2. The minimum Gasteiger partial charge on any atom is -0.405 e. The van der Waals surface area contributed by atoms with Gasteiger partial charge in [0.2, 0.25) is 5.95 Å². The zero-order valence-corrected chi connectivity index (χ0v) is 15.2. The molecular weight excluding hydrogens is 387 g/mol. The highest BCUT2D eigenvalue weighted by Gasteiger charge is 2.13. The summed E-state index contributed by atoms with van der Waals surface area (Å²) in [6.45, 7) is 3.24. The van der Waals surface area contributed by atoms with Gasteiger partial charge in [-0.2, -0.15) is 4.98 Å². The molecule has 0 aliphatic heterocycles. The molecule has 0 aliphatic rings. The molecule has 0 atom stereocenters. The van der Waals surface area contributed by atoms with Gasteiger partial charge in [-0.15, -0.1) is 0 Å². The molecule has 4 rings (SSSR count). The number of aromatic amines is 1. The van der Waals surface area contributed by atoms with Gasteiger partial charge in [0.25, 0.3) is 0 Å². The lowest BCUT2D eigenvalue weighted by molar-refractivity contribution is 0.523. The summed E-state index contributed by atoms with van der Waals surface area (Å²) in [5, 5.41) is 5.52. The van der Waals surface area contributed by atoms with Crippen LogP contribution < -0.4 is 16.4 Å². The molecule has 29 heavy (non-hydrogen) atoms. The summed E-state index contributed by atoms with van der Waals surface area (Å²) in [7, 11) is 0. The lowest BCUT2D eigenvalue weighted by atomic mass is 10.1. The van der Waals surface area contributed by atoms with Crippen molar-refractivity contribution in [3.8, 4) is 0 Å². The van der Waals surface area contributed by atoms with Crippen molar-refractivity contribution < 1.29 is 17.6 Å². The molecule has 10 heteroatoms. The Morgan fingerprint density at radius 2 is 1.66 bits per heavy atom. The van der Waals surface area contributed by atoms with Gasteiger partial charge >= 0.3 is 5.76 Å². The van der Waals surface area contributed by atoms with Crippen LogP contribution in [0.1, 0.15) is 11.1 Å². The van der Waals surface area contributed by atoms with Crippen LogP contribution in [0.25, 0.3) is 11.1 Å². The molecule has 3 N–H and O–H groups in total. The van der Waals surface area contributed by atoms with E-state index in [1.54, 1.807) is 26.0 Å². The van der Waals surface area contributed by atoms with E-state index < -0.39 is 17.4 Å². The smallest absolute Gasteiger partial charge is 0.405 e. The van der Waals surface area contributed by atoms with E-state index in [4.69, 9.17) is 4.42 Å². The predicted molar refractivity (Wildman–Crippen MR) is 101 cm³/mol. The largest absolute Gasteiger partial charge is 0.417 e. The van der Waals surface area contributed by atoms with Crippen LogP contribution in [0.2, 0.25) is 0 Å². The summed E-state index contributed by atoms with van der Waals surface area (Å²) in [6.07, 6.45) is 0.940. The maximum atomic E-state index is 14.2. The Balaban J connectivity index is 1.64. The van der Waals surface area contributed by atoms with Crippen molar-refractivity contribution in [3.05, 3.63) is 69.6 Å². The molecule has 0 amide bonds. The molecule has 0 radical (unpaired) electrons. The van der Waals surface area contributed by atoms with Crippen LogP contribution in [0.15, 0.2) is 39.7 Å². The normalized spacial score (nSPS) is 11.1. The average molecular weight is 401 g/mol. The van der Waals surface area contributed by atoms with E-state index in [2.05, 4.69) is 25.6 Å². The second-order valence-corrected chi connectivity index (χ2v) is 6.41. The fraction of sp³-hybridized carbons (Fsp3) is 0.105. The van der Waals surface area contributed by atoms with Gasteiger partial charge in [-0.1, -0.05) is 0 Å². The number of nitrogens with zero attached hydrogens (tertiary/aromatic N) is 2. The molecule has 0 saturated carbocycles. The van der Waals surface area contributed by atoms with Crippen LogP contribution in [0.5, 0.6) is 0 Å². The number of hydrogen-bond acceptors (Lipinski definition) is 6. The van der Waals surface area contributed by atoms with Crippen LogP contribution >= 0.6 is 0 Å². The fourth-order valence-electron chi connectivity index (χ4n) is 2.89. The second-order valence-electron chi connectivity index (χ2n) is 6.41. The maximum Gasteiger partial charge on any atom is 0.417 e. The second kappa shape index (κ2) is 6.97. The van der Waals surface area contributed by atoms with Crippen molar-refractivity contribution in [3.63, 3.8) is 0 Å². The van der Waals surface area contributed by atoms with Crippen molar-refractivity contribution in [1.82, 2.24) is 15.0 Å². The number of fused-ring (bicyclic) bond motifs is 1. The molecule has 0 spiro atoms. The first-order valence-electron chi connectivity index (χ1n) is 8.46. The van der Waals surface area contributed by atoms with Gasteiger partial charge in [-0.25, -0.2) is 22.9 Å². The zero-order valence-electron chi connectivity index (χ0n) is 15.2. The summed E-state index contributed by atoms with van der Waals surface area (Å²) in [4.78, 5) is 21.5. The van der Waals surface area contributed by atoms with E-state index in [1.807, 2.05) is 0 Å². The fourth-order valence-corrected chi connectivity index (χ4v) is 2.89. The Labute approximate surface area is 161 Å². The van der Waals surface area contributed by atoms with E-state index in [0.29, 0.717) is 16.8 Å². The molecule has 4 aromatic rings. The number of nitrogens with one attached hydrogen (secondary N) is 3. The van der Waals surface area contributed by atoms with Crippen molar-refractivity contribution in [2.75, 3.05) is 10.6 Å². The molecule has 148 valence electrons. The van der Waals surface area contributed by atoms with E-state index in [0.717, 1.165) is 12.3 Å². The van der Waals surface area contributed by atoms with Crippen molar-refractivity contribution in [2.24, 2.45) is 0 Å². The summed E-state index contributed by atoms with van der Waals surface area (Å²) in [6, 6.07) is 5.56. The molecule has 0 saturated heterocycles. The summed E-state index contributed by atoms with van der Waals surface area (Å²) < 4.78 is 46.7.